The van der Waals surface area contributed by atoms with E-state index in [1.807, 2.05) is 12.1 Å². The summed E-state index contributed by atoms with van der Waals surface area (Å²) in [7, 11) is -1.64. The maximum Gasteiger partial charge on any atom is 0.240 e. The van der Waals surface area contributed by atoms with E-state index in [2.05, 4.69) is 20.3 Å². The number of nitrogens with zero attached hydrogens (tertiary/aromatic N) is 1. The van der Waals surface area contributed by atoms with Crippen LogP contribution in [0.5, 0.6) is 0 Å². The van der Waals surface area contributed by atoms with Crippen LogP contribution >= 0.6 is 24.0 Å². The molecule has 0 saturated heterocycles. The Labute approximate surface area is 149 Å². The van der Waals surface area contributed by atoms with Crippen molar-refractivity contribution in [2.75, 3.05) is 13.6 Å². The van der Waals surface area contributed by atoms with E-state index in [0.717, 1.165) is 11.5 Å². The van der Waals surface area contributed by atoms with Gasteiger partial charge in [0.1, 0.15) is 0 Å². The lowest BCUT2D eigenvalue weighted by atomic mass is 10.2. The number of halogens is 1. The van der Waals surface area contributed by atoms with Gasteiger partial charge in [-0.2, -0.15) is 0 Å². The molecule has 1 aromatic rings. The van der Waals surface area contributed by atoms with Gasteiger partial charge >= 0.3 is 0 Å². The topological polar surface area (TPSA) is 82.6 Å². The molecule has 1 saturated carbocycles. The summed E-state index contributed by atoms with van der Waals surface area (Å²) in [6, 6.07) is 7.39. The molecule has 6 nitrogen and oxygen atoms in total. The lowest BCUT2D eigenvalue weighted by Gasteiger charge is -2.11. The molecule has 0 amide bonds. The third kappa shape index (κ3) is 5.73. The first kappa shape index (κ1) is 19.2. The van der Waals surface area contributed by atoms with Crippen LogP contribution in [0.1, 0.15) is 25.3 Å². The standard InChI is InChI=1S/C14H22N4O2S.HI/c1-3-17-21(19,20)13-8-4-11(5-9-13)10-16-14(15-2)18-12-6-7-12;/h4-5,8-9,12,17H,3,6-7,10H2,1-2H3,(H2,15,16,18);1H. The number of sulfonamides is 1. The van der Waals surface area contributed by atoms with Gasteiger partial charge in [0.25, 0.3) is 0 Å². The van der Waals surface area contributed by atoms with Crippen LogP contribution in [0.15, 0.2) is 34.2 Å². The molecule has 22 heavy (non-hydrogen) atoms. The molecule has 0 radical (unpaired) electrons. The minimum absolute atomic E-state index is 0. The van der Waals surface area contributed by atoms with Gasteiger partial charge in [-0.1, -0.05) is 19.1 Å². The van der Waals surface area contributed by atoms with Crippen LogP contribution in [0.25, 0.3) is 0 Å². The molecule has 0 aromatic heterocycles. The lowest BCUT2D eigenvalue weighted by Crippen LogP contribution is -2.38. The Morgan fingerprint density at radius 3 is 2.41 bits per heavy atom. The summed E-state index contributed by atoms with van der Waals surface area (Å²) in [5.41, 5.74) is 1.00. The maximum atomic E-state index is 11.8. The first-order valence-electron chi connectivity index (χ1n) is 7.11. The summed E-state index contributed by atoms with van der Waals surface area (Å²) in [5, 5.41) is 6.51. The highest BCUT2D eigenvalue weighted by Crippen LogP contribution is 2.18. The van der Waals surface area contributed by atoms with Crippen molar-refractivity contribution in [2.45, 2.75) is 37.2 Å². The van der Waals surface area contributed by atoms with Gasteiger partial charge in [-0.25, -0.2) is 13.1 Å². The second-order valence-corrected chi connectivity index (χ2v) is 6.76. The number of aliphatic imine (C=N–C) groups is 1. The maximum absolute atomic E-state index is 11.8. The number of hydrogen-bond acceptors (Lipinski definition) is 3. The van der Waals surface area contributed by atoms with E-state index in [4.69, 9.17) is 0 Å². The number of nitrogens with one attached hydrogen (secondary N) is 3. The van der Waals surface area contributed by atoms with Gasteiger partial charge in [0, 0.05) is 26.2 Å². The third-order valence-electron chi connectivity index (χ3n) is 3.17. The van der Waals surface area contributed by atoms with Gasteiger partial charge in [0.2, 0.25) is 10.0 Å². The zero-order valence-corrected chi connectivity index (χ0v) is 15.9. The molecule has 0 aliphatic heterocycles. The van der Waals surface area contributed by atoms with Gasteiger partial charge in [-0.3, -0.25) is 4.99 Å². The number of guanidine groups is 1. The average molecular weight is 438 g/mol. The molecule has 1 aliphatic rings. The van der Waals surface area contributed by atoms with Crippen molar-refractivity contribution in [2.24, 2.45) is 4.99 Å². The minimum atomic E-state index is -3.38. The zero-order chi connectivity index (χ0) is 15.3. The fraction of sp³-hybridized carbons (Fsp3) is 0.500. The highest BCUT2D eigenvalue weighted by molar-refractivity contribution is 14.0. The van der Waals surface area contributed by atoms with Crippen LogP contribution < -0.4 is 15.4 Å². The SMILES string of the molecule is CCNS(=O)(=O)c1ccc(CNC(=NC)NC2CC2)cc1.I. The van der Waals surface area contributed by atoms with Crippen LogP contribution in [0.3, 0.4) is 0 Å². The van der Waals surface area contributed by atoms with E-state index in [1.165, 1.54) is 12.8 Å². The van der Waals surface area contributed by atoms with Crippen LogP contribution in [-0.4, -0.2) is 34.0 Å². The minimum Gasteiger partial charge on any atom is -0.354 e. The molecular weight excluding hydrogens is 415 g/mol. The average Bonchev–Trinajstić information content (AvgIpc) is 3.28. The number of rotatable bonds is 6. The van der Waals surface area contributed by atoms with Crippen molar-refractivity contribution in [1.82, 2.24) is 15.4 Å². The molecule has 0 bridgehead atoms. The Kier molecular flexibility index (Phi) is 7.57. The molecule has 0 heterocycles. The molecule has 0 atom stereocenters. The summed E-state index contributed by atoms with van der Waals surface area (Å²) < 4.78 is 26.1. The first-order chi connectivity index (χ1) is 10.0. The predicted molar refractivity (Wildman–Crippen MR) is 99.1 cm³/mol. The van der Waals surface area contributed by atoms with Crippen LogP contribution in [0.2, 0.25) is 0 Å². The highest BCUT2D eigenvalue weighted by Gasteiger charge is 2.22. The highest BCUT2D eigenvalue weighted by atomic mass is 127. The second-order valence-electron chi connectivity index (χ2n) is 4.99. The van der Waals surface area contributed by atoms with Gasteiger partial charge in [-0.15, -0.1) is 24.0 Å². The second kappa shape index (κ2) is 8.68. The van der Waals surface area contributed by atoms with Gasteiger partial charge in [-0.05, 0) is 30.5 Å². The van der Waals surface area contributed by atoms with Crippen LogP contribution in [0.4, 0.5) is 0 Å². The van der Waals surface area contributed by atoms with Crippen molar-refractivity contribution in [1.29, 1.82) is 0 Å². The molecule has 0 spiro atoms. The monoisotopic (exact) mass is 438 g/mol. The fourth-order valence-corrected chi connectivity index (χ4v) is 2.90. The predicted octanol–water partition coefficient (Wildman–Crippen LogP) is 1.43. The number of hydrogen-bond donors (Lipinski definition) is 3. The summed E-state index contributed by atoms with van der Waals surface area (Å²) in [4.78, 5) is 4.44. The Balaban J connectivity index is 0.00000242. The first-order valence-corrected chi connectivity index (χ1v) is 8.59. The quantitative estimate of drug-likeness (QED) is 0.357. The molecule has 1 aliphatic carbocycles. The third-order valence-corrected chi connectivity index (χ3v) is 4.73. The van der Waals surface area contributed by atoms with Crippen molar-refractivity contribution in [3.63, 3.8) is 0 Å². The fourth-order valence-electron chi connectivity index (χ4n) is 1.86. The van der Waals surface area contributed by atoms with E-state index in [0.29, 0.717) is 19.1 Å². The summed E-state index contributed by atoms with van der Waals surface area (Å²) in [6.07, 6.45) is 2.38. The van der Waals surface area contributed by atoms with Gasteiger partial charge in [0.05, 0.1) is 4.90 Å². The van der Waals surface area contributed by atoms with Crippen LogP contribution in [0, 0.1) is 0 Å². The molecule has 1 fully saturated rings. The zero-order valence-electron chi connectivity index (χ0n) is 12.8. The van der Waals surface area contributed by atoms with E-state index < -0.39 is 10.0 Å². The summed E-state index contributed by atoms with van der Waals surface area (Å²) in [5.74, 6) is 0.779. The van der Waals surface area contributed by atoms with E-state index >= 15 is 0 Å². The van der Waals surface area contributed by atoms with E-state index in [-0.39, 0.29) is 28.9 Å². The molecule has 8 heteroatoms. The van der Waals surface area contributed by atoms with E-state index in [1.54, 1.807) is 26.1 Å². The normalized spacial score (nSPS) is 15.1. The lowest BCUT2D eigenvalue weighted by molar-refractivity contribution is 0.584. The van der Waals surface area contributed by atoms with Crippen molar-refractivity contribution in [3.8, 4) is 0 Å². The van der Waals surface area contributed by atoms with Crippen molar-refractivity contribution in [3.05, 3.63) is 29.8 Å². The number of benzene rings is 1. The Bertz CT molecular complexity index is 598. The Hall–Kier alpha value is -0.870. The Morgan fingerprint density at radius 2 is 1.91 bits per heavy atom. The van der Waals surface area contributed by atoms with Gasteiger partial charge in [0.15, 0.2) is 5.96 Å². The van der Waals surface area contributed by atoms with E-state index in [9.17, 15) is 8.42 Å². The molecule has 3 N–H and O–H groups in total. The largest absolute Gasteiger partial charge is 0.354 e. The molecule has 1 aromatic carbocycles. The molecular formula is C14H23IN4O2S. The van der Waals surface area contributed by atoms with Gasteiger partial charge < -0.3 is 10.6 Å². The van der Waals surface area contributed by atoms with Crippen molar-refractivity contribution >= 4 is 40.0 Å². The summed E-state index contributed by atoms with van der Waals surface area (Å²) in [6.45, 7) is 2.75. The molecule has 0 unspecified atom stereocenters. The van der Waals surface area contributed by atoms with Crippen molar-refractivity contribution < 1.29 is 8.42 Å². The smallest absolute Gasteiger partial charge is 0.240 e. The molecule has 2 rings (SSSR count). The molecule has 124 valence electrons. The summed E-state index contributed by atoms with van der Waals surface area (Å²) >= 11 is 0. The Morgan fingerprint density at radius 1 is 1.27 bits per heavy atom. The van der Waals surface area contributed by atoms with Crippen LogP contribution in [-0.2, 0) is 16.6 Å².